The number of hydrogen-bond acceptors (Lipinski definition) is 7. The van der Waals surface area contributed by atoms with E-state index in [1.165, 1.54) is 35.5 Å². The molecule has 2 aliphatic rings. The fraction of sp³-hybridized carbons (Fsp3) is 0.391. The van der Waals surface area contributed by atoms with E-state index < -0.39 is 10.0 Å². The summed E-state index contributed by atoms with van der Waals surface area (Å²) in [6, 6.07) is 9.29. The van der Waals surface area contributed by atoms with Crippen LogP contribution in [0, 0.1) is 5.92 Å². The van der Waals surface area contributed by atoms with Crippen LogP contribution in [0.15, 0.2) is 41.3 Å². The number of ketones is 1. The molecule has 0 amide bonds. The first kappa shape index (κ1) is 23.5. The van der Waals surface area contributed by atoms with Gasteiger partial charge in [-0.05, 0) is 49.6 Å². The number of carbonyl (C=O) groups excluding carboxylic acids is 2. The van der Waals surface area contributed by atoms with Gasteiger partial charge < -0.3 is 14.2 Å². The second kappa shape index (κ2) is 9.70. The molecule has 0 aliphatic carbocycles. The van der Waals surface area contributed by atoms with Crippen LogP contribution < -0.4 is 9.47 Å². The molecule has 0 unspecified atom stereocenters. The smallest absolute Gasteiger partial charge is 0.309 e. The first-order valence-corrected chi connectivity index (χ1v) is 12.4. The van der Waals surface area contributed by atoms with Gasteiger partial charge >= 0.3 is 5.97 Å². The quantitative estimate of drug-likeness (QED) is 0.449. The summed E-state index contributed by atoms with van der Waals surface area (Å²) in [6.07, 6.45) is 0.733. The van der Waals surface area contributed by atoms with Crippen molar-refractivity contribution in [1.29, 1.82) is 0 Å². The average Bonchev–Trinajstić information content (AvgIpc) is 2.82. The third kappa shape index (κ3) is 5.15. The molecular weight excluding hydrogens is 470 g/mol. The minimum Gasteiger partial charge on any atom is -0.486 e. The SMILES string of the molecule is CC(=O)c1ccc(S(=O)(=O)N2CCC(C(=O)OCc3cc(Cl)c4c(c3)OCCO4)CC2)cc1. The molecule has 0 atom stereocenters. The Kier molecular flexibility index (Phi) is 6.92. The molecule has 4 rings (SSSR count). The van der Waals surface area contributed by atoms with Crippen molar-refractivity contribution < 1.29 is 32.2 Å². The number of rotatable bonds is 6. The Balaban J connectivity index is 1.32. The molecule has 2 aromatic rings. The number of sulfonamides is 1. The number of piperidine rings is 1. The van der Waals surface area contributed by atoms with Gasteiger partial charge in [0.25, 0.3) is 0 Å². The Morgan fingerprint density at radius 2 is 1.76 bits per heavy atom. The summed E-state index contributed by atoms with van der Waals surface area (Å²) >= 11 is 6.22. The first-order chi connectivity index (χ1) is 15.8. The Morgan fingerprint density at radius 1 is 1.09 bits per heavy atom. The van der Waals surface area contributed by atoms with Gasteiger partial charge in [-0.15, -0.1) is 0 Å². The van der Waals surface area contributed by atoms with Crippen molar-refractivity contribution in [2.24, 2.45) is 5.92 Å². The molecule has 1 fully saturated rings. The minimum absolute atomic E-state index is 0.0379. The highest BCUT2D eigenvalue weighted by atomic mass is 35.5. The third-order valence-corrected chi connectivity index (χ3v) is 7.92. The van der Waals surface area contributed by atoms with Gasteiger partial charge in [0.05, 0.1) is 15.8 Å². The monoisotopic (exact) mass is 493 g/mol. The number of nitrogens with zero attached hydrogens (tertiary/aromatic N) is 1. The lowest BCUT2D eigenvalue weighted by molar-refractivity contribution is -0.151. The standard InChI is InChI=1S/C23H24ClNO7S/c1-15(26)17-2-4-19(5-3-17)33(28,29)25-8-6-18(7-9-25)23(27)32-14-16-12-20(24)22-21(13-16)30-10-11-31-22/h2-5,12-13,18H,6-11,14H2,1H3. The summed E-state index contributed by atoms with van der Waals surface area (Å²) in [5.74, 6) is 0.127. The van der Waals surface area contributed by atoms with Crippen molar-refractivity contribution in [2.75, 3.05) is 26.3 Å². The van der Waals surface area contributed by atoms with Crippen molar-refractivity contribution >= 4 is 33.4 Å². The topological polar surface area (TPSA) is 99.2 Å². The molecule has 8 nitrogen and oxygen atoms in total. The van der Waals surface area contributed by atoms with Crippen LogP contribution in [0.5, 0.6) is 11.5 Å². The summed E-state index contributed by atoms with van der Waals surface area (Å²) in [4.78, 5) is 24.1. The van der Waals surface area contributed by atoms with E-state index in [4.69, 9.17) is 25.8 Å². The molecule has 33 heavy (non-hydrogen) atoms. The van der Waals surface area contributed by atoms with E-state index >= 15 is 0 Å². The molecule has 176 valence electrons. The summed E-state index contributed by atoms with van der Waals surface area (Å²) in [6.45, 7) is 2.75. The van der Waals surface area contributed by atoms with E-state index in [-0.39, 0.29) is 42.3 Å². The van der Waals surface area contributed by atoms with E-state index in [1.54, 1.807) is 12.1 Å². The Morgan fingerprint density at radius 3 is 2.42 bits per heavy atom. The summed E-state index contributed by atoms with van der Waals surface area (Å²) in [5.41, 5.74) is 1.14. The van der Waals surface area contributed by atoms with Crippen LogP contribution in [0.4, 0.5) is 0 Å². The molecule has 0 N–H and O–H groups in total. The zero-order valence-electron chi connectivity index (χ0n) is 18.1. The molecule has 10 heteroatoms. The van der Waals surface area contributed by atoms with Crippen molar-refractivity contribution in [3.63, 3.8) is 0 Å². The van der Waals surface area contributed by atoms with Crippen molar-refractivity contribution in [1.82, 2.24) is 4.31 Å². The van der Waals surface area contributed by atoms with Crippen LogP contribution >= 0.6 is 11.6 Å². The summed E-state index contributed by atoms with van der Waals surface area (Å²) < 4.78 is 43.6. The maximum atomic E-state index is 12.9. The van der Waals surface area contributed by atoms with E-state index in [1.807, 2.05) is 0 Å². The molecule has 0 aromatic heterocycles. The summed E-state index contributed by atoms with van der Waals surface area (Å²) in [7, 11) is -3.69. The predicted octanol–water partition coefficient (Wildman–Crippen LogP) is 3.46. The van der Waals surface area contributed by atoms with E-state index in [0.717, 1.165) is 0 Å². The molecule has 2 heterocycles. The average molecular weight is 494 g/mol. The Bertz CT molecular complexity index is 1160. The van der Waals surface area contributed by atoms with Gasteiger partial charge in [0.1, 0.15) is 19.8 Å². The lowest BCUT2D eigenvalue weighted by Crippen LogP contribution is -2.40. The molecular formula is C23H24ClNO7S. The molecule has 0 radical (unpaired) electrons. The zero-order chi connectivity index (χ0) is 23.6. The number of esters is 1. The van der Waals surface area contributed by atoms with Crippen LogP contribution in [-0.4, -0.2) is 50.8 Å². The summed E-state index contributed by atoms with van der Waals surface area (Å²) in [5, 5.41) is 0.396. The first-order valence-electron chi connectivity index (χ1n) is 10.6. The minimum atomic E-state index is -3.69. The highest BCUT2D eigenvalue weighted by Crippen LogP contribution is 2.38. The lowest BCUT2D eigenvalue weighted by atomic mass is 9.98. The Labute approximate surface area is 197 Å². The van der Waals surface area contributed by atoms with Crippen LogP contribution in [0.25, 0.3) is 0 Å². The fourth-order valence-electron chi connectivity index (χ4n) is 3.86. The van der Waals surface area contributed by atoms with Gasteiger partial charge in [0, 0.05) is 18.7 Å². The number of fused-ring (bicyclic) bond motifs is 1. The fourth-order valence-corrected chi connectivity index (χ4v) is 5.62. The third-order valence-electron chi connectivity index (χ3n) is 5.72. The van der Waals surface area contributed by atoms with Crippen molar-refractivity contribution in [3.8, 4) is 11.5 Å². The Hall–Kier alpha value is -2.62. The molecule has 0 bridgehead atoms. The largest absolute Gasteiger partial charge is 0.486 e. The normalized spacial score (nSPS) is 16.9. The van der Waals surface area contributed by atoms with Crippen molar-refractivity contribution in [3.05, 3.63) is 52.5 Å². The maximum Gasteiger partial charge on any atom is 0.309 e. The van der Waals surface area contributed by atoms with E-state index in [2.05, 4.69) is 0 Å². The number of carbonyl (C=O) groups is 2. The van der Waals surface area contributed by atoms with E-state index in [9.17, 15) is 18.0 Å². The second-order valence-corrected chi connectivity index (χ2v) is 10.3. The number of benzene rings is 2. The van der Waals surface area contributed by atoms with Crippen molar-refractivity contribution in [2.45, 2.75) is 31.3 Å². The van der Waals surface area contributed by atoms with Gasteiger partial charge in [-0.25, -0.2) is 8.42 Å². The lowest BCUT2D eigenvalue weighted by Gasteiger charge is -2.30. The number of ether oxygens (including phenoxy) is 3. The molecule has 1 saturated heterocycles. The van der Waals surface area contributed by atoms with Crippen LogP contribution in [0.3, 0.4) is 0 Å². The predicted molar refractivity (Wildman–Crippen MR) is 120 cm³/mol. The maximum absolute atomic E-state index is 12.9. The van der Waals surface area contributed by atoms with Crippen LogP contribution in [0.2, 0.25) is 5.02 Å². The van der Waals surface area contributed by atoms with Gasteiger partial charge in [-0.3, -0.25) is 9.59 Å². The molecule has 2 aromatic carbocycles. The highest BCUT2D eigenvalue weighted by molar-refractivity contribution is 7.89. The molecule has 0 saturated carbocycles. The van der Waals surface area contributed by atoms with Gasteiger partial charge in [-0.1, -0.05) is 23.7 Å². The zero-order valence-corrected chi connectivity index (χ0v) is 19.7. The van der Waals surface area contributed by atoms with E-state index in [0.29, 0.717) is 53.7 Å². The van der Waals surface area contributed by atoms with Gasteiger partial charge in [-0.2, -0.15) is 4.31 Å². The van der Waals surface area contributed by atoms with Gasteiger partial charge in [0.15, 0.2) is 17.3 Å². The van der Waals surface area contributed by atoms with Crippen LogP contribution in [0.1, 0.15) is 35.7 Å². The highest BCUT2D eigenvalue weighted by Gasteiger charge is 2.33. The second-order valence-electron chi connectivity index (χ2n) is 7.97. The number of hydrogen-bond donors (Lipinski definition) is 0. The van der Waals surface area contributed by atoms with Crippen LogP contribution in [-0.2, 0) is 26.2 Å². The molecule has 2 aliphatic heterocycles. The van der Waals surface area contributed by atoms with Gasteiger partial charge in [0.2, 0.25) is 10.0 Å². The molecule has 0 spiro atoms. The number of halogens is 1. The number of Topliss-reactive ketones (excluding diaryl/α,β-unsaturated/α-hetero) is 1.